The molecule has 2 aromatic rings. The molecule has 0 bridgehead atoms. The molecule has 3 heterocycles. The van der Waals surface area contributed by atoms with Crippen LogP contribution < -0.4 is 4.90 Å². The summed E-state index contributed by atoms with van der Waals surface area (Å²) in [5, 5.41) is 11.5. The van der Waals surface area contributed by atoms with Crippen LogP contribution in [-0.4, -0.2) is 40.8 Å². The maximum atomic E-state index is 9.52. The molecule has 18 heavy (non-hydrogen) atoms. The van der Waals surface area contributed by atoms with Crippen molar-refractivity contribution in [1.82, 2.24) is 9.38 Å². The van der Waals surface area contributed by atoms with Gasteiger partial charge in [0.05, 0.1) is 18.4 Å². The second kappa shape index (κ2) is 4.87. The van der Waals surface area contributed by atoms with Gasteiger partial charge in [0.25, 0.3) is 0 Å². The van der Waals surface area contributed by atoms with Crippen molar-refractivity contribution in [1.29, 1.82) is 0 Å². The average Bonchev–Trinajstić information content (AvgIpc) is 3.03. The minimum Gasteiger partial charge on any atom is -0.390 e. The molecule has 0 aromatic carbocycles. The monoisotopic (exact) mass is 267 g/mol. The Hall–Kier alpha value is -1.11. The predicted molar refractivity (Wildman–Crippen MR) is 71.2 cm³/mol. The molecule has 0 aliphatic carbocycles. The summed E-state index contributed by atoms with van der Waals surface area (Å²) in [6.07, 6.45) is 4.49. The van der Waals surface area contributed by atoms with Gasteiger partial charge in [-0.1, -0.05) is 0 Å². The molecule has 1 fully saturated rings. The van der Waals surface area contributed by atoms with Crippen molar-refractivity contribution in [3.05, 3.63) is 17.3 Å². The van der Waals surface area contributed by atoms with Gasteiger partial charge in [-0.3, -0.25) is 4.40 Å². The standard InChI is InChI=1S/C12H17N3O2S/c1-14(7-9-3-2-5-17-9)11-10(8-16)15-4-6-18-12(15)13-11/h4,6,9,16H,2-3,5,7-8H2,1H3. The highest BCUT2D eigenvalue weighted by atomic mass is 32.1. The van der Waals surface area contributed by atoms with Crippen molar-refractivity contribution in [3.8, 4) is 0 Å². The number of aromatic nitrogens is 2. The summed E-state index contributed by atoms with van der Waals surface area (Å²) in [4.78, 5) is 7.59. The lowest BCUT2D eigenvalue weighted by Crippen LogP contribution is -2.29. The van der Waals surface area contributed by atoms with E-state index < -0.39 is 0 Å². The highest BCUT2D eigenvalue weighted by Gasteiger charge is 2.21. The van der Waals surface area contributed by atoms with Crippen molar-refractivity contribution in [3.63, 3.8) is 0 Å². The number of imidazole rings is 1. The smallest absolute Gasteiger partial charge is 0.195 e. The fourth-order valence-electron chi connectivity index (χ4n) is 2.45. The number of fused-ring (bicyclic) bond motifs is 1. The van der Waals surface area contributed by atoms with Crippen LogP contribution in [0.4, 0.5) is 5.82 Å². The van der Waals surface area contributed by atoms with Gasteiger partial charge >= 0.3 is 0 Å². The van der Waals surface area contributed by atoms with Crippen molar-refractivity contribution in [2.24, 2.45) is 0 Å². The van der Waals surface area contributed by atoms with Crippen LogP contribution in [-0.2, 0) is 11.3 Å². The second-order valence-electron chi connectivity index (χ2n) is 4.61. The van der Waals surface area contributed by atoms with Crippen LogP contribution in [0.5, 0.6) is 0 Å². The summed E-state index contributed by atoms with van der Waals surface area (Å²) < 4.78 is 7.59. The van der Waals surface area contributed by atoms with Crippen LogP contribution in [0.1, 0.15) is 18.5 Å². The van der Waals surface area contributed by atoms with Gasteiger partial charge in [-0.15, -0.1) is 11.3 Å². The van der Waals surface area contributed by atoms with E-state index in [-0.39, 0.29) is 6.61 Å². The van der Waals surface area contributed by atoms with Gasteiger partial charge in [0, 0.05) is 31.8 Å². The molecule has 0 radical (unpaired) electrons. The van der Waals surface area contributed by atoms with Crippen molar-refractivity contribution >= 4 is 22.1 Å². The van der Waals surface area contributed by atoms with E-state index in [4.69, 9.17) is 4.74 Å². The SMILES string of the molecule is CN(CC1CCCO1)c1nc2sccn2c1CO. The minimum absolute atomic E-state index is 0.00307. The van der Waals surface area contributed by atoms with E-state index in [1.165, 1.54) is 0 Å². The van der Waals surface area contributed by atoms with Crippen LogP contribution in [0.15, 0.2) is 11.6 Å². The van der Waals surface area contributed by atoms with Gasteiger partial charge in [-0.2, -0.15) is 0 Å². The van der Waals surface area contributed by atoms with Crippen LogP contribution in [0, 0.1) is 0 Å². The van der Waals surface area contributed by atoms with Gasteiger partial charge in [0.15, 0.2) is 10.8 Å². The summed E-state index contributed by atoms with van der Waals surface area (Å²) >= 11 is 1.58. The number of aliphatic hydroxyl groups is 1. The Morgan fingerprint density at radius 2 is 2.56 bits per heavy atom. The Morgan fingerprint density at radius 1 is 1.67 bits per heavy atom. The molecule has 1 saturated heterocycles. The lowest BCUT2D eigenvalue weighted by molar-refractivity contribution is 0.116. The first kappa shape index (κ1) is 12.0. The fourth-order valence-corrected chi connectivity index (χ4v) is 3.18. The highest BCUT2D eigenvalue weighted by molar-refractivity contribution is 7.15. The number of rotatable bonds is 4. The van der Waals surface area contributed by atoms with Crippen molar-refractivity contribution in [2.75, 3.05) is 25.1 Å². The molecule has 1 atom stereocenters. The Labute approximate surface area is 110 Å². The Morgan fingerprint density at radius 3 is 3.28 bits per heavy atom. The molecule has 5 nitrogen and oxygen atoms in total. The number of likely N-dealkylation sites (N-methyl/N-ethyl adjacent to an activating group) is 1. The van der Waals surface area contributed by atoms with Gasteiger partial charge in [-0.25, -0.2) is 4.98 Å². The van der Waals surface area contributed by atoms with Gasteiger partial charge in [0.1, 0.15) is 0 Å². The first-order valence-corrected chi connectivity index (χ1v) is 7.05. The predicted octanol–water partition coefficient (Wildman–Crippen LogP) is 1.50. The lowest BCUT2D eigenvalue weighted by atomic mass is 10.2. The first-order chi connectivity index (χ1) is 8.79. The van der Waals surface area contributed by atoms with E-state index in [9.17, 15) is 5.11 Å². The van der Waals surface area contributed by atoms with E-state index in [1.807, 2.05) is 23.0 Å². The fraction of sp³-hybridized carbons (Fsp3) is 0.583. The quantitative estimate of drug-likeness (QED) is 0.912. The number of aliphatic hydroxyl groups excluding tert-OH is 1. The molecule has 1 N–H and O–H groups in total. The third kappa shape index (κ3) is 2.00. The molecule has 6 heteroatoms. The molecule has 0 spiro atoms. The lowest BCUT2D eigenvalue weighted by Gasteiger charge is -2.21. The normalized spacial score (nSPS) is 19.8. The number of thiazole rings is 1. The summed E-state index contributed by atoms with van der Waals surface area (Å²) in [6.45, 7) is 1.70. The number of hydrogen-bond donors (Lipinski definition) is 1. The van der Waals surface area contributed by atoms with Crippen molar-refractivity contribution in [2.45, 2.75) is 25.6 Å². The van der Waals surface area contributed by atoms with Gasteiger partial charge in [-0.05, 0) is 12.8 Å². The van der Waals surface area contributed by atoms with Crippen LogP contribution >= 0.6 is 11.3 Å². The highest BCUT2D eigenvalue weighted by Crippen LogP contribution is 2.25. The third-order valence-corrected chi connectivity index (χ3v) is 4.11. The number of anilines is 1. The third-order valence-electron chi connectivity index (χ3n) is 3.35. The van der Waals surface area contributed by atoms with E-state index in [0.29, 0.717) is 6.10 Å². The zero-order chi connectivity index (χ0) is 12.5. The molecule has 2 aromatic heterocycles. The summed E-state index contributed by atoms with van der Waals surface area (Å²) in [6, 6.07) is 0. The van der Waals surface area contributed by atoms with Crippen LogP contribution in [0.25, 0.3) is 4.96 Å². The van der Waals surface area contributed by atoms with Crippen LogP contribution in [0.2, 0.25) is 0 Å². The van der Waals surface area contributed by atoms with Gasteiger partial charge in [0.2, 0.25) is 0 Å². The van der Waals surface area contributed by atoms with E-state index in [1.54, 1.807) is 11.3 Å². The molecule has 0 amide bonds. The molecule has 0 saturated carbocycles. The molecule has 1 aliphatic rings. The summed E-state index contributed by atoms with van der Waals surface area (Å²) in [5.41, 5.74) is 0.853. The topological polar surface area (TPSA) is 50.0 Å². The van der Waals surface area contributed by atoms with E-state index in [0.717, 1.165) is 42.5 Å². The summed E-state index contributed by atoms with van der Waals surface area (Å²) in [5.74, 6) is 0.861. The van der Waals surface area contributed by atoms with E-state index in [2.05, 4.69) is 9.88 Å². The van der Waals surface area contributed by atoms with E-state index >= 15 is 0 Å². The molecule has 98 valence electrons. The molecular formula is C12H17N3O2S. The first-order valence-electron chi connectivity index (χ1n) is 6.17. The number of ether oxygens (including phenoxy) is 1. The molecule has 1 unspecified atom stereocenters. The molecular weight excluding hydrogens is 250 g/mol. The van der Waals surface area contributed by atoms with Crippen LogP contribution in [0.3, 0.4) is 0 Å². The van der Waals surface area contributed by atoms with Crippen molar-refractivity contribution < 1.29 is 9.84 Å². The largest absolute Gasteiger partial charge is 0.390 e. The Balaban J connectivity index is 1.85. The van der Waals surface area contributed by atoms with Gasteiger partial charge < -0.3 is 14.7 Å². The molecule has 3 rings (SSSR count). The minimum atomic E-state index is 0.00307. The zero-order valence-electron chi connectivity index (χ0n) is 10.4. The maximum absolute atomic E-state index is 9.52. The average molecular weight is 267 g/mol. The Kier molecular flexibility index (Phi) is 3.23. The molecule has 1 aliphatic heterocycles. The zero-order valence-corrected chi connectivity index (χ0v) is 11.2. The second-order valence-corrected chi connectivity index (χ2v) is 5.48. The Bertz CT molecular complexity index is 530. The number of hydrogen-bond acceptors (Lipinski definition) is 5. The maximum Gasteiger partial charge on any atom is 0.195 e. The number of nitrogens with zero attached hydrogens (tertiary/aromatic N) is 3. The summed E-state index contributed by atoms with van der Waals surface area (Å²) in [7, 11) is 2.01.